The number of hydrogen-bond acceptors (Lipinski definition) is 3. The van der Waals surface area contributed by atoms with E-state index in [4.69, 9.17) is 9.72 Å². The quantitative estimate of drug-likeness (QED) is 0.0955. The van der Waals surface area contributed by atoms with Crippen molar-refractivity contribution in [1.29, 1.82) is 0 Å². The minimum Gasteiger partial charge on any atom is -0.503 e. The second-order valence-corrected chi connectivity index (χ2v) is 18.9. The van der Waals surface area contributed by atoms with Gasteiger partial charge in [-0.05, 0) is 131 Å². The minimum atomic E-state index is 0. The van der Waals surface area contributed by atoms with E-state index in [-0.39, 0.29) is 21.1 Å². The van der Waals surface area contributed by atoms with Crippen LogP contribution in [-0.4, -0.2) is 9.55 Å². The van der Waals surface area contributed by atoms with Crippen molar-refractivity contribution in [3.05, 3.63) is 279 Å². The molecule has 3 aromatic heterocycles. The molecule has 0 amide bonds. The van der Waals surface area contributed by atoms with E-state index in [1.807, 2.05) is 42.6 Å². The van der Waals surface area contributed by atoms with Crippen molar-refractivity contribution in [2.24, 2.45) is 0 Å². The zero-order valence-electron chi connectivity index (χ0n) is 39.8. The van der Waals surface area contributed by atoms with Crippen LogP contribution in [0.4, 0.5) is 0 Å². The zero-order chi connectivity index (χ0) is 48.5. The predicted molar refractivity (Wildman–Crippen MR) is 299 cm³/mol. The molecule has 0 aliphatic carbocycles. The third kappa shape index (κ3) is 9.09. The number of ether oxygens (including phenoxy) is 1. The van der Waals surface area contributed by atoms with Crippen molar-refractivity contribution in [3.63, 3.8) is 0 Å². The maximum absolute atomic E-state index is 6.57. The molecule has 0 aliphatic heterocycles. The average molecular weight is 1150 g/mol. The Bertz CT molecular complexity index is 3850. The first kappa shape index (κ1) is 46.3. The molecule has 0 spiro atoms. The second kappa shape index (κ2) is 20.4. The molecule has 10 aromatic carbocycles. The number of para-hydroxylation sites is 3. The fourth-order valence-electron chi connectivity index (χ4n) is 9.91. The summed E-state index contributed by atoms with van der Waals surface area (Å²) < 4.78 is 12.1. The van der Waals surface area contributed by atoms with Gasteiger partial charge in [0.2, 0.25) is 0 Å². The maximum atomic E-state index is 6.57. The Morgan fingerprint density at radius 1 is 0.432 bits per heavy atom. The van der Waals surface area contributed by atoms with Gasteiger partial charge in [-0.2, -0.15) is 12.1 Å². The topological polar surface area (TPSA) is 30.9 Å². The fourth-order valence-corrected chi connectivity index (χ4v) is 10.7. The Balaban J connectivity index is 0.00000556. The molecule has 0 fully saturated rings. The molecule has 0 saturated heterocycles. The summed E-state index contributed by atoms with van der Waals surface area (Å²) in [7, 11) is 0. The standard InChI is InChI=1S/C68H43N3OS.Pt/c1-5-18-47(19-6-1)52-38-53(48-20-7-2-8-21-48)41-56(40-52)61-30-17-31-62(57-42-54(49-22-9-3-10-23-49)39-55(43-57)50-24-11-4-12-25-50)68(61)71-46-70(64-32-13-14-33-65(64)71)58-27-16-29-60(45-58)72-59-28-15-26-51(44-59)67-63-35-37-73-66(63)34-36-69-67;/h1-43H;/q-2;. The van der Waals surface area contributed by atoms with Gasteiger partial charge in [0, 0.05) is 43.5 Å². The Kier molecular flexibility index (Phi) is 12.8. The Labute approximate surface area is 449 Å². The average Bonchev–Trinajstić information content (AvgIpc) is 4.12. The van der Waals surface area contributed by atoms with E-state index in [9.17, 15) is 0 Å². The molecule has 0 radical (unpaired) electrons. The van der Waals surface area contributed by atoms with Gasteiger partial charge in [-0.3, -0.25) is 4.57 Å². The van der Waals surface area contributed by atoms with Crippen molar-refractivity contribution in [1.82, 2.24) is 9.55 Å². The second-order valence-electron chi connectivity index (χ2n) is 17.9. The van der Waals surface area contributed by atoms with Crippen LogP contribution < -0.4 is 9.30 Å². The maximum Gasteiger partial charge on any atom is 0.268 e. The molecule has 13 rings (SSSR count). The molecule has 0 atom stereocenters. The van der Waals surface area contributed by atoms with E-state index in [0.29, 0.717) is 11.5 Å². The van der Waals surface area contributed by atoms with Crippen molar-refractivity contribution in [2.45, 2.75) is 0 Å². The van der Waals surface area contributed by atoms with Crippen LogP contribution in [0, 0.1) is 18.5 Å². The number of pyridine rings is 1. The number of aromatic nitrogens is 3. The van der Waals surface area contributed by atoms with Gasteiger partial charge in [0.15, 0.2) is 0 Å². The molecule has 3 heterocycles. The Hall–Kier alpha value is -8.73. The third-order valence-electron chi connectivity index (χ3n) is 13.4. The normalized spacial score (nSPS) is 11.1. The molecule has 0 saturated carbocycles. The zero-order valence-corrected chi connectivity index (χ0v) is 42.9. The molecular formula is C68H43N3OPtS-2. The Morgan fingerprint density at radius 3 is 1.49 bits per heavy atom. The molecular weight excluding hydrogens is 1100 g/mol. The van der Waals surface area contributed by atoms with Crippen molar-refractivity contribution in [3.8, 4) is 101 Å². The van der Waals surface area contributed by atoms with Crippen LogP contribution in [0.2, 0.25) is 0 Å². The van der Waals surface area contributed by atoms with E-state index in [1.165, 1.54) is 4.70 Å². The van der Waals surface area contributed by atoms with E-state index < -0.39 is 0 Å². The summed E-state index contributed by atoms with van der Waals surface area (Å²) in [6.45, 7) is 0. The molecule has 354 valence electrons. The molecule has 74 heavy (non-hydrogen) atoms. The Morgan fingerprint density at radius 2 is 0.919 bits per heavy atom. The summed E-state index contributed by atoms with van der Waals surface area (Å²) >= 11 is 1.70. The summed E-state index contributed by atoms with van der Waals surface area (Å²) in [5.41, 5.74) is 18.9. The molecule has 0 unspecified atom stereocenters. The first-order valence-electron chi connectivity index (χ1n) is 24.3. The van der Waals surface area contributed by atoms with Gasteiger partial charge in [-0.15, -0.1) is 47.2 Å². The minimum absolute atomic E-state index is 0. The number of fused-ring (bicyclic) bond motifs is 2. The smallest absolute Gasteiger partial charge is 0.268 e. The number of hydrogen-bond donors (Lipinski definition) is 0. The van der Waals surface area contributed by atoms with E-state index >= 15 is 0 Å². The van der Waals surface area contributed by atoms with Gasteiger partial charge in [0.1, 0.15) is 0 Å². The SMILES string of the molecule is [Pt].[c-]1c(Oc2[c-]c(-n3[c-][n+](-c4c(-c5cc(-c6ccccc6)cc(-c6ccccc6)c5)cccc4-c4cc(-c5ccccc5)cc(-c5ccccc5)c4)c4ccccc43)ccc2)cccc1-c1nccc2sccc12. The molecule has 4 nitrogen and oxygen atoms in total. The fraction of sp³-hybridized carbons (Fsp3) is 0. The molecule has 0 N–H and O–H groups in total. The van der Waals surface area contributed by atoms with Gasteiger partial charge in [-0.25, -0.2) is 0 Å². The van der Waals surface area contributed by atoms with Crippen LogP contribution in [-0.2, 0) is 21.1 Å². The van der Waals surface area contributed by atoms with Crippen LogP contribution in [0.3, 0.4) is 0 Å². The number of thiophene rings is 1. The van der Waals surface area contributed by atoms with Crippen LogP contribution >= 0.6 is 11.3 Å². The first-order valence-corrected chi connectivity index (χ1v) is 25.2. The predicted octanol–water partition coefficient (Wildman–Crippen LogP) is 17.4. The number of imidazole rings is 1. The number of benzene rings is 10. The van der Waals surface area contributed by atoms with Gasteiger partial charge in [0.05, 0.1) is 16.7 Å². The van der Waals surface area contributed by atoms with Crippen molar-refractivity contribution >= 4 is 32.5 Å². The van der Waals surface area contributed by atoms with E-state index in [0.717, 1.165) is 106 Å². The summed E-state index contributed by atoms with van der Waals surface area (Å²) in [6, 6.07) is 95.0. The summed E-state index contributed by atoms with van der Waals surface area (Å²) in [4.78, 5) is 4.73. The molecule has 13 aromatic rings. The molecule has 0 bridgehead atoms. The van der Waals surface area contributed by atoms with Crippen molar-refractivity contribution in [2.75, 3.05) is 0 Å². The van der Waals surface area contributed by atoms with E-state index in [2.05, 4.69) is 245 Å². The van der Waals surface area contributed by atoms with Gasteiger partial charge in [0.25, 0.3) is 6.33 Å². The van der Waals surface area contributed by atoms with Crippen LogP contribution in [0.5, 0.6) is 11.5 Å². The van der Waals surface area contributed by atoms with E-state index in [1.54, 1.807) is 11.3 Å². The summed E-state index contributed by atoms with van der Waals surface area (Å²) in [5, 5.41) is 3.20. The third-order valence-corrected chi connectivity index (χ3v) is 14.2. The van der Waals surface area contributed by atoms with Crippen molar-refractivity contribution < 1.29 is 30.4 Å². The molecule has 0 aliphatic rings. The largest absolute Gasteiger partial charge is 0.503 e. The summed E-state index contributed by atoms with van der Waals surface area (Å²) in [5.74, 6) is 1.14. The summed E-state index contributed by atoms with van der Waals surface area (Å²) in [6.07, 6.45) is 5.75. The van der Waals surface area contributed by atoms with Crippen LogP contribution in [0.1, 0.15) is 0 Å². The van der Waals surface area contributed by atoms with Gasteiger partial charge in [-0.1, -0.05) is 176 Å². The molecule has 6 heteroatoms. The van der Waals surface area contributed by atoms with Crippen LogP contribution in [0.25, 0.3) is 111 Å². The number of nitrogens with zero attached hydrogens (tertiary/aromatic N) is 3. The van der Waals surface area contributed by atoms with Crippen LogP contribution in [0.15, 0.2) is 260 Å². The van der Waals surface area contributed by atoms with Gasteiger partial charge >= 0.3 is 0 Å². The number of rotatable bonds is 11. The monoisotopic (exact) mass is 1140 g/mol. The first-order chi connectivity index (χ1) is 36.2. The van der Waals surface area contributed by atoms with Gasteiger partial charge < -0.3 is 14.3 Å².